The number of carbonyl (C=O) groups is 1. The summed E-state index contributed by atoms with van der Waals surface area (Å²) in [6, 6.07) is 5.92. The molecule has 1 fully saturated rings. The Balaban J connectivity index is 1.84. The summed E-state index contributed by atoms with van der Waals surface area (Å²) in [5.74, 6) is 1.33. The molecule has 1 aliphatic rings. The molecule has 1 aliphatic heterocycles. The lowest BCUT2D eigenvalue weighted by molar-refractivity contribution is 0.0654. The number of hydrogen-bond donors (Lipinski definition) is 1. The van der Waals surface area contributed by atoms with Gasteiger partial charge in [-0.3, -0.25) is 4.79 Å². The Morgan fingerprint density at radius 2 is 1.79 bits per heavy atom. The molecule has 0 saturated carbocycles. The summed E-state index contributed by atoms with van der Waals surface area (Å²) in [5, 5.41) is 0.938. The maximum Gasteiger partial charge on any atom is 0.270 e. The van der Waals surface area contributed by atoms with Crippen molar-refractivity contribution >= 4 is 16.8 Å². The molecule has 24 heavy (non-hydrogen) atoms. The molecule has 3 rings (SSSR count). The molecule has 130 valence electrons. The van der Waals surface area contributed by atoms with Crippen LogP contribution in [0.1, 0.15) is 23.3 Å². The molecular formula is C18H25N3O3. The van der Waals surface area contributed by atoms with Gasteiger partial charge in [0.25, 0.3) is 5.91 Å². The second-order valence-corrected chi connectivity index (χ2v) is 6.43. The summed E-state index contributed by atoms with van der Waals surface area (Å²) >= 11 is 0. The van der Waals surface area contributed by atoms with Crippen LogP contribution < -0.4 is 9.47 Å². The average molecular weight is 331 g/mol. The van der Waals surface area contributed by atoms with Gasteiger partial charge in [0, 0.05) is 30.1 Å². The Labute approximate surface area is 142 Å². The average Bonchev–Trinajstić information content (AvgIpc) is 3.02. The summed E-state index contributed by atoms with van der Waals surface area (Å²) in [5.41, 5.74) is 1.47. The fraction of sp³-hybridized carbons (Fsp3) is 0.500. The number of piperidine rings is 1. The molecule has 6 heteroatoms. The van der Waals surface area contributed by atoms with Crippen LogP contribution in [0.2, 0.25) is 0 Å². The molecular weight excluding hydrogens is 306 g/mol. The van der Waals surface area contributed by atoms with Crippen LogP contribution in [-0.4, -0.2) is 68.1 Å². The van der Waals surface area contributed by atoms with E-state index in [1.807, 2.05) is 30.1 Å². The molecule has 0 atom stereocenters. The van der Waals surface area contributed by atoms with Crippen LogP contribution in [0.5, 0.6) is 11.5 Å². The number of aromatic nitrogens is 1. The third kappa shape index (κ3) is 3.06. The number of ether oxygens (including phenoxy) is 2. The van der Waals surface area contributed by atoms with Gasteiger partial charge in [0.05, 0.1) is 14.2 Å². The number of benzene rings is 1. The lowest BCUT2D eigenvalue weighted by Crippen LogP contribution is -2.44. The van der Waals surface area contributed by atoms with E-state index in [0.717, 1.165) is 36.8 Å². The molecule has 1 aromatic heterocycles. The van der Waals surface area contributed by atoms with Crippen molar-refractivity contribution < 1.29 is 14.3 Å². The fourth-order valence-electron chi connectivity index (χ4n) is 3.31. The van der Waals surface area contributed by atoms with Crippen LogP contribution in [0.25, 0.3) is 10.9 Å². The minimum Gasteiger partial charge on any atom is -0.493 e. The number of fused-ring (bicyclic) bond motifs is 1. The fourth-order valence-corrected chi connectivity index (χ4v) is 3.31. The van der Waals surface area contributed by atoms with Crippen molar-refractivity contribution in [3.8, 4) is 11.5 Å². The maximum absolute atomic E-state index is 12.8. The predicted molar refractivity (Wildman–Crippen MR) is 94.0 cm³/mol. The van der Waals surface area contributed by atoms with Crippen molar-refractivity contribution in [3.05, 3.63) is 23.9 Å². The summed E-state index contributed by atoms with van der Waals surface area (Å²) < 4.78 is 10.6. The van der Waals surface area contributed by atoms with E-state index in [4.69, 9.17) is 9.47 Å². The van der Waals surface area contributed by atoms with E-state index in [0.29, 0.717) is 23.2 Å². The number of rotatable bonds is 4. The smallest absolute Gasteiger partial charge is 0.270 e. The van der Waals surface area contributed by atoms with Gasteiger partial charge in [-0.25, -0.2) is 0 Å². The summed E-state index contributed by atoms with van der Waals surface area (Å²) in [4.78, 5) is 20.2. The van der Waals surface area contributed by atoms with Gasteiger partial charge in [0.2, 0.25) is 0 Å². The molecule has 2 heterocycles. The van der Waals surface area contributed by atoms with E-state index in [1.54, 1.807) is 14.2 Å². The Morgan fingerprint density at radius 3 is 2.42 bits per heavy atom. The molecule has 0 bridgehead atoms. The van der Waals surface area contributed by atoms with Gasteiger partial charge < -0.3 is 24.3 Å². The van der Waals surface area contributed by atoms with Gasteiger partial charge in [-0.1, -0.05) is 0 Å². The van der Waals surface area contributed by atoms with E-state index in [9.17, 15) is 4.79 Å². The van der Waals surface area contributed by atoms with Crippen molar-refractivity contribution in [2.24, 2.45) is 0 Å². The number of H-pyrrole nitrogens is 1. The van der Waals surface area contributed by atoms with Crippen molar-refractivity contribution in [2.45, 2.75) is 18.9 Å². The number of nitrogens with zero attached hydrogens (tertiary/aromatic N) is 2. The monoisotopic (exact) mass is 331 g/mol. The number of carbonyl (C=O) groups excluding carboxylic acids is 1. The number of aromatic amines is 1. The van der Waals surface area contributed by atoms with E-state index in [2.05, 4.69) is 16.9 Å². The van der Waals surface area contributed by atoms with Crippen LogP contribution in [0, 0.1) is 0 Å². The topological polar surface area (TPSA) is 57.8 Å². The summed E-state index contributed by atoms with van der Waals surface area (Å²) in [6.45, 7) is 2.06. The molecule has 1 aromatic carbocycles. The zero-order chi connectivity index (χ0) is 17.3. The highest BCUT2D eigenvalue weighted by atomic mass is 16.5. The van der Waals surface area contributed by atoms with Crippen LogP contribution in [0.15, 0.2) is 18.2 Å². The molecule has 0 unspecified atom stereocenters. The number of likely N-dealkylation sites (tertiary alicyclic amines) is 1. The van der Waals surface area contributed by atoms with Gasteiger partial charge in [-0.05, 0) is 45.1 Å². The lowest BCUT2D eigenvalue weighted by atomic mass is 10.0. The van der Waals surface area contributed by atoms with E-state index in [1.165, 1.54) is 0 Å². The van der Waals surface area contributed by atoms with Crippen LogP contribution in [0.3, 0.4) is 0 Å². The Hall–Kier alpha value is -2.21. The molecule has 1 amide bonds. The normalized spacial score (nSPS) is 16.3. The van der Waals surface area contributed by atoms with Gasteiger partial charge in [-0.2, -0.15) is 0 Å². The Bertz CT molecular complexity index is 691. The summed E-state index contributed by atoms with van der Waals surface area (Å²) in [6.07, 6.45) is 2.03. The molecule has 0 aliphatic carbocycles. The van der Waals surface area contributed by atoms with Gasteiger partial charge in [0.15, 0.2) is 11.5 Å². The SMILES string of the molecule is COc1cc2cc(C(=O)N(C)C3CCN(C)CC3)[nH]c2cc1OC. The van der Waals surface area contributed by atoms with Gasteiger partial charge in [-0.15, -0.1) is 0 Å². The molecule has 0 spiro atoms. The minimum atomic E-state index is 0.0266. The van der Waals surface area contributed by atoms with Crippen molar-refractivity contribution in [1.29, 1.82) is 0 Å². The first kappa shape index (κ1) is 16.6. The highest BCUT2D eigenvalue weighted by Crippen LogP contribution is 2.32. The second kappa shape index (κ2) is 6.73. The highest BCUT2D eigenvalue weighted by Gasteiger charge is 2.25. The largest absolute Gasteiger partial charge is 0.493 e. The van der Waals surface area contributed by atoms with E-state index < -0.39 is 0 Å². The number of methoxy groups -OCH3 is 2. The van der Waals surface area contributed by atoms with Crippen molar-refractivity contribution in [2.75, 3.05) is 41.4 Å². The molecule has 2 aromatic rings. The predicted octanol–water partition coefficient (Wildman–Crippen LogP) is 2.35. The third-order valence-electron chi connectivity index (χ3n) is 4.91. The first-order chi connectivity index (χ1) is 11.5. The maximum atomic E-state index is 12.8. The first-order valence-electron chi connectivity index (χ1n) is 8.24. The molecule has 6 nitrogen and oxygen atoms in total. The zero-order valence-electron chi connectivity index (χ0n) is 14.8. The summed E-state index contributed by atoms with van der Waals surface area (Å²) in [7, 11) is 7.23. The second-order valence-electron chi connectivity index (χ2n) is 6.43. The Morgan fingerprint density at radius 1 is 1.17 bits per heavy atom. The standard InChI is InChI=1S/C18H25N3O3/c1-20-7-5-13(6-8-20)21(2)18(22)15-9-12-10-16(23-3)17(24-4)11-14(12)19-15/h9-11,13,19H,5-8H2,1-4H3. The molecule has 1 N–H and O–H groups in total. The quantitative estimate of drug-likeness (QED) is 0.934. The number of amides is 1. The van der Waals surface area contributed by atoms with Crippen LogP contribution in [-0.2, 0) is 0 Å². The van der Waals surface area contributed by atoms with E-state index >= 15 is 0 Å². The van der Waals surface area contributed by atoms with E-state index in [-0.39, 0.29) is 5.91 Å². The van der Waals surface area contributed by atoms with Gasteiger partial charge in [0.1, 0.15) is 5.69 Å². The molecule has 1 saturated heterocycles. The van der Waals surface area contributed by atoms with Crippen LogP contribution >= 0.6 is 0 Å². The van der Waals surface area contributed by atoms with Gasteiger partial charge >= 0.3 is 0 Å². The molecule has 0 radical (unpaired) electrons. The highest BCUT2D eigenvalue weighted by molar-refractivity contribution is 5.98. The van der Waals surface area contributed by atoms with Crippen molar-refractivity contribution in [1.82, 2.24) is 14.8 Å². The first-order valence-corrected chi connectivity index (χ1v) is 8.24. The van der Waals surface area contributed by atoms with Crippen LogP contribution in [0.4, 0.5) is 0 Å². The third-order valence-corrected chi connectivity index (χ3v) is 4.91. The van der Waals surface area contributed by atoms with Crippen molar-refractivity contribution in [3.63, 3.8) is 0 Å². The zero-order valence-corrected chi connectivity index (χ0v) is 14.8. The lowest BCUT2D eigenvalue weighted by Gasteiger charge is -2.34. The number of nitrogens with one attached hydrogen (secondary N) is 1. The Kier molecular flexibility index (Phi) is 4.66. The minimum absolute atomic E-state index is 0.0266. The number of hydrogen-bond acceptors (Lipinski definition) is 4.